The summed E-state index contributed by atoms with van der Waals surface area (Å²) in [7, 11) is 3.62. The van der Waals surface area contributed by atoms with E-state index in [-0.39, 0.29) is 0 Å². The smallest absolute Gasteiger partial charge is 0.312 e. The molecule has 2 heterocycles. The molecule has 0 fully saturated rings. The maximum Gasteiger partial charge on any atom is 0.312 e. The molecule has 0 bridgehead atoms. The van der Waals surface area contributed by atoms with E-state index in [1.807, 2.05) is 46.9 Å². The van der Waals surface area contributed by atoms with E-state index >= 15 is 0 Å². The number of hydrogen-bond acceptors (Lipinski definition) is 7. The molecule has 1 aliphatic heterocycles. The number of carbonyl (C=O) groups is 1. The predicted molar refractivity (Wildman–Crippen MR) is 154 cm³/mol. The van der Waals surface area contributed by atoms with Crippen molar-refractivity contribution in [2.24, 2.45) is 12.5 Å². The highest BCUT2D eigenvalue weighted by atomic mass is 32.2. The summed E-state index contributed by atoms with van der Waals surface area (Å²) >= 11 is 1.69. The number of fused-ring (bicyclic) bond motifs is 1. The Labute approximate surface area is 241 Å². The minimum atomic E-state index is -1.13. The van der Waals surface area contributed by atoms with Crippen molar-refractivity contribution in [3.63, 3.8) is 0 Å². The van der Waals surface area contributed by atoms with Gasteiger partial charge in [-0.3, -0.25) is 14.2 Å². The fourth-order valence-electron chi connectivity index (χ4n) is 4.61. The van der Waals surface area contributed by atoms with Gasteiger partial charge in [-0.2, -0.15) is 0 Å². The molecule has 10 heteroatoms. The third-order valence-corrected chi connectivity index (χ3v) is 8.40. The Kier molecular flexibility index (Phi) is 10.4. The highest BCUT2D eigenvalue weighted by Gasteiger charge is 2.39. The van der Waals surface area contributed by atoms with Crippen molar-refractivity contribution < 1.29 is 28.8 Å². The SMILES string of the molecule is COCCOCCn1cc(COC(c2ccc(C)c(CN3CCOc4ccccc4S3)c2)C(C)(C)C(=O)O)n1C. The van der Waals surface area contributed by atoms with Gasteiger partial charge in [0.05, 0.1) is 55.1 Å². The minimum Gasteiger partial charge on any atom is -0.491 e. The Bertz CT molecular complexity index is 1270. The van der Waals surface area contributed by atoms with Crippen LogP contribution < -0.4 is 4.74 Å². The number of para-hydroxylation sites is 1. The summed E-state index contributed by atoms with van der Waals surface area (Å²) in [5, 5.41) is 10.1. The van der Waals surface area contributed by atoms with Crippen LogP contribution in [-0.2, 0) is 45.7 Å². The summed E-state index contributed by atoms with van der Waals surface area (Å²) in [6.07, 6.45) is 1.38. The molecule has 4 rings (SSSR count). The van der Waals surface area contributed by atoms with Gasteiger partial charge in [0.25, 0.3) is 0 Å². The minimum absolute atomic E-state index is 0.304. The highest BCUT2D eigenvalue weighted by molar-refractivity contribution is 7.97. The summed E-state index contributed by atoms with van der Waals surface area (Å²) in [4.78, 5) is 13.4. The van der Waals surface area contributed by atoms with Crippen LogP contribution in [0.4, 0.5) is 0 Å². The number of rotatable bonds is 14. The van der Waals surface area contributed by atoms with Gasteiger partial charge in [-0.05, 0) is 61.5 Å². The van der Waals surface area contributed by atoms with E-state index in [2.05, 4.69) is 29.4 Å². The van der Waals surface area contributed by atoms with Crippen LogP contribution in [0, 0.1) is 12.3 Å². The molecular weight excluding hydrogens is 530 g/mol. The number of hydrogen-bond donors (Lipinski definition) is 1. The van der Waals surface area contributed by atoms with E-state index < -0.39 is 17.5 Å². The lowest BCUT2D eigenvalue weighted by atomic mass is 9.81. The van der Waals surface area contributed by atoms with E-state index in [0.717, 1.165) is 46.1 Å². The van der Waals surface area contributed by atoms with Gasteiger partial charge in [0.15, 0.2) is 0 Å². The van der Waals surface area contributed by atoms with Gasteiger partial charge in [0, 0.05) is 33.4 Å². The second kappa shape index (κ2) is 13.7. The third kappa shape index (κ3) is 7.30. The molecule has 218 valence electrons. The Balaban J connectivity index is 1.47. The van der Waals surface area contributed by atoms with Crippen LogP contribution in [0.1, 0.15) is 42.3 Å². The number of aryl methyl sites for hydroxylation is 1. The first-order valence-electron chi connectivity index (χ1n) is 13.6. The van der Waals surface area contributed by atoms with Crippen molar-refractivity contribution in [2.45, 2.75) is 51.5 Å². The van der Waals surface area contributed by atoms with E-state index in [1.165, 1.54) is 0 Å². The first-order valence-corrected chi connectivity index (χ1v) is 14.3. The zero-order chi connectivity index (χ0) is 28.7. The molecule has 3 aromatic rings. The second-order valence-electron chi connectivity index (χ2n) is 10.6. The van der Waals surface area contributed by atoms with E-state index in [1.54, 1.807) is 32.9 Å². The fraction of sp³-hybridized carbons (Fsp3) is 0.500. The molecular formula is C30H41N3O6S. The van der Waals surface area contributed by atoms with Crippen molar-refractivity contribution in [2.75, 3.05) is 40.1 Å². The molecule has 1 aromatic heterocycles. The van der Waals surface area contributed by atoms with Crippen molar-refractivity contribution in [3.05, 3.63) is 71.0 Å². The van der Waals surface area contributed by atoms with Crippen LogP contribution in [0.5, 0.6) is 5.75 Å². The van der Waals surface area contributed by atoms with Gasteiger partial charge in [0.1, 0.15) is 12.4 Å². The van der Waals surface area contributed by atoms with Gasteiger partial charge < -0.3 is 24.1 Å². The number of carboxylic acids is 1. The molecule has 0 aliphatic carbocycles. The normalized spacial score (nSPS) is 14.9. The molecule has 0 saturated carbocycles. The van der Waals surface area contributed by atoms with Crippen LogP contribution in [0.15, 0.2) is 53.6 Å². The average molecular weight is 572 g/mol. The van der Waals surface area contributed by atoms with E-state index in [4.69, 9.17) is 18.9 Å². The van der Waals surface area contributed by atoms with Gasteiger partial charge in [-0.1, -0.05) is 30.3 Å². The maximum atomic E-state index is 12.3. The summed E-state index contributed by atoms with van der Waals surface area (Å²) in [6.45, 7) is 10.4. The molecule has 0 saturated heterocycles. The molecule has 1 unspecified atom stereocenters. The molecule has 40 heavy (non-hydrogen) atoms. The molecule has 0 radical (unpaired) electrons. The lowest BCUT2D eigenvalue weighted by Crippen LogP contribution is -2.34. The number of nitrogens with zero attached hydrogens (tertiary/aromatic N) is 3. The Hall–Kier alpha value is -2.76. The Morgan fingerprint density at radius 2 is 1.98 bits per heavy atom. The molecule has 1 atom stereocenters. The summed E-state index contributed by atoms with van der Waals surface area (Å²) in [5.41, 5.74) is 3.00. The summed E-state index contributed by atoms with van der Waals surface area (Å²) in [5.74, 6) is 0.00632. The van der Waals surface area contributed by atoms with Crippen molar-refractivity contribution >= 4 is 17.9 Å². The number of carboxylic acid groups (broad SMARTS) is 1. The van der Waals surface area contributed by atoms with Crippen LogP contribution in [-0.4, -0.2) is 64.8 Å². The van der Waals surface area contributed by atoms with Crippen molar-refractivity contribution in [1.82, 2.24) is 13.7 Å². The molecule has 0 spiro atoms. The van der Waals surface area contributed by atoms with Gasteiger partial charge in [-0.25, -0.2) is 4.31 Å². The molecule has 1 N–H and O–H groups in total. The lowest BCUT2D eigenvalue weighted by Gasteiger charge is -2.33. The zero-order valence-electron chi connectivity index (χ0n) is 24.1. The van der Waals surface area contributed by atoms with Gasteiger partial charge >= 0.3 is 5.97 Å². The topological polar surface area (TPSA) is 87.3 Å². The molecule has 9 nitrogen and oxygen atoms in total. The van der Waals surface area contributed by atoms with E-state index in [9.17, 15) is 9.90 Å². The van der Waals surface area contributed by atoms with Gasteiger partial charge in [0.2, 0.25) is 0 Å². The Morgan fingerprint density at radius 1 is 1.18 bits per heavy atom. The number of aliphatic carboxylic acids is 1. The lowest BCUT2D eigenvalue weighted by molar-refractivity contribution is -0.158. The largest absolute Gasteiger partial charge is 0.491 e. The van der Waals surface area contributed by atoms with Gasteiger partial charge in [-0.15, -0.1) is 0 Å². The van der Waals surface area contributed by atoms with Crippen molar-refractivity contribution in [3.8, 4) is 5.75 Å². The van der Waals surface area contributed by atoms with Crippen LogP contribution in [0.25, 0.3) is 0 Å². The third-order valence-electron chi connectivity index (χ3n) is 7.30. The molecule has 0 amide bonds. The quantitative estimate of drug-likeness (QED) is 0.212. The first kappa shape index (κ1) is 30.2. The monoisotopic (exact) mass is 571 g/mol. The van der Waals surface area contributed by atoms with E-state index in [0.29, 0.717) is 39.6 Å². The summed E-state index contributed by atoms with van der Waals surface area (Å²) < 4.78 is 29.2. The highest BCUT2D eigenvalue weighted by Crippen LogP contribution is 2.39. The second-order valence-corrected chi connectivity index (χ2v) is 11.7. The van der Waals surface area contributed by atoms with Crippen molar-refractivity contribution in [1.29, 1.82) is 0 Å². The van der Waals surface area contributed by atoms with Crippen LogP contribution in [0.3, 0.4) is 0 Å². The first-order chi connectivity index (χ1) is 19.2. The number of methoxy groups -OCH3 is 1. The molecule has 1 aliphatic rings. The summed E-state index contributed by atoms with van der Waals surface area (Å²) in [6, 6.07) is 14.2. The molecule has 2 aromatic carbocycles. The fourth-order valence-corrected chi connectivity index (χ4v) is 5.62. The number of ether oxygens (including phenoxy) is 4. The zero-order valence-corrected chi connectivity index (χ0v) is 24.9. The number of benzene rings is 2. The van der Waals surface area contributed by atoms with Crippen LogP contribution >= 0.6 is 11.9 Å². The average Bonchev–Trinajstić information content (AvgIpc) is 3.14. The maximum absolute atomic E-state index is 12.3. The predicted octanol–water partition coefficient (Wildman–Crippen LogP) is 5.07. The Morgan fingerprint density at radius 3 is 2.73 bits per heavy atom. The standard InChI is InChI=1S/C30H41N3O6S/c1-22-10-11-23(18-24(22)19-33-13-15-38-26-8-6-7-9-27(26)40-33)28(30(2,3)29(34)35)39-21-25-20-32(31(25)4)12-14-37-17-16-36-5/h6-11,18,20,28H,12-17,19,21H2,1-5H3,(H,34,35). The van der Waals surface area contributed by atoms with Crippen LogP contribution in [0.2, 0.25) is 0 Å². The number of aromatic nitrogens is 2.